The smallest absolute Gasteiger partial charge is 0.355 e. The molecule has 1 fully saturated rings. The number of aromatic nitrogens is 4. The lowest BCUT2D eigenvalue weighted by molar-refractivity contribution is -0.160. The number of carbonyl (C=O) groups excluding carboxylic acids is 2. The Bertz CT molecular complexity index is 2070. The van der Waals surface area contributed by atoms with Gasteiger partial charge in [0.25, 0.3) is 0 Å². The maximum absolute atomic E-state index is 16.4. The minimum absolute atomic E-state index is 0.0810. The van der Waals surface area contributed by atoms with Crippen molar-refractivity contribution >= 4 is 28.7 Å². The van der Waals surface area contributed by atoms with Gasteiger partial charge in [-0.2, -0.15) is 4.98 Å². The first-order valence-corrected chi connectivity index (χ1v) is 16.4. The topological polar surface area (TPSA) is 140 Å². The van der Waals surface area contributed by atoms with E-state index in [0.717, 1.165) is 16.7 Å². The van der Waals surface area contributed by atoms with E-state index in [9.17, 15) is 19.5 Å². The van der Waals surface area contributed by atoms with Gasteiger partial charge in [0.1, 0.15) is 35.8 Å². The van der Waals surface area contributed by atoms with Crippen LogP contribution in [0.4, 0.5) is 14.6 Å². The number of benzene rings is 1. The number of nitrogens with zero attached hydrogens (tertiary/aromatic N) is 6. The van der Waals surface area contributed by atoms with Crippen molar-refractivity contribution in [3.63, 3.8) is 0 Å². The van der Waals surface area contributed by atoms with Crippen LogP contribution in [0.2, 0.25) is 0 Å². The summed E-state index contributed by atoms with van der Waals surface area (Å²) in [4.78, 5) is 57.0. The lowest BCUT2D eigenvalue weighted by Crippen LogP contribution is -2.54. The number of hydrogen-bond acceptors (Lipinski definition) is 10. The molecule has 2 bridgehead atoms. The first-order chi connectivity index (χ1) is 23.8. The number of aliphatic hydroxyl groups is 1. The lowest BCUT2D eigenvalue weighted by Gasteiger charge is -2.40. The van der Waals surface area contributed by atoms with Crippen LogP contribution < -0.4 is 15.3 Å². The molecule has 1 aromatic carbocycles. The number of fused-ring (bicyclic) bond motifs is 5. The van der Waals surface area contributed by atoms with Crippen molar-refractivity contribution in [2.45, 2.75) is 58.8 Å². The molecule has 3 atom stereocenters. The van der Waals surface area contributed by atoms with E-state index in [-0.39, 0.29) is 76.9 Å². The van der Waals surface area contributed by atoms with Gasteiger partial charge in [-0.3, -0.25) is 14.6 Å². The minimum Gasteiger partial charge on any atom is -0.490 e. The average molecular weight is 689 g/mol. The second-order valence-electron chi connectivity index (χ2n) is 13.1. The van der Waals surface area contributed by atoms with Crippen LogP contribution in [0.25, 0.3) is 28.0 Å². The molecule has 4 aromatic rings. The Morgan fingerprint density at radius 2 is 1.88 bits per heavy atom. The van der Waals surface area contributed by atoms with Gasteiger partial charge in [-0.05, 0) is 43.2 Å². The zero-order valence-corrected chi connectivity index (χ0v) is 28.4. The van der Waals surface area contributed by atoms with E-state index in [1.807, 2.05) is 20.8 Å². The summed E-state index contributed by atoms with van der Waals surface area (Å²) >= 11 is 0. The van der Waals surface area contributed by atoms with Gasteiger partial charge in [0.15, 0.2) is 17.6 Å². The summed E-state index contributed by atoms with van der Waals surface area (Å²) in [5.74, 6) is -3.53. The number of ether oxygens (including phenoxy) is 2. The molecule has 1 N–H and O–H groups in total. The normalized spacial score (nSPS) is 19.0. The van der Waals surface area contributed by atoms with Gasteiger partial charge in [-0.1, -0.05) is 40.3 Å². The summed E-state index contributed by atoms with van der Waals surface area (Å²) in [5, 5.41) is 11.7. The van der Waals surface area contributed by atoms with Crippen molar-refractivity contribution in [3.05, 3.63) is 82.6 Å². The SMILES string of the molecule is C=CC(=O)N1CCN(c2nc(=O)n3c4nc(c(F)cc24)-c2c(F)cccc2OCC(O)C(OC(=O)C(C)C)c2ccnc(C(C)C)c2-3)[C@@H](C)C1. The molecule has 14 heteroatoms. The highest BCUT2D eigenvalue weighted by atomic mass is 19.1. The number of pyridine rings is 2. The number of halogens is 2. The first-order valence-electron chi connectivity index (χ1n) is 16.4. The summed E-state index contributed by atoms with van der Waals surface area (Å²) in [6.07, 6.45) is -0.199. The van der Waals surface area contributed by atoms with Gasteiger partial charge in [0, 0.05) is 37.4 Å². The number of piperazine rings is 1. The van der Waals surface area contributed by atoms with Crippen molar-refractivity contribution in [2.24, 2.45) is 5.92 Å². The Morgan fingerprint density at radius 1 is 1.12 bits per heavy atom. The molecular formula is C36H38F2N6O6. The molecule has 50 heavy (non-hydrogen) atoms. The Kier molecular flexibility index (Phi) is 9.40. The van der Waals surface area contributed by atoms with E-state index in [1.54, 1.807) is 23.6 Å². The summed E-state index contributed by atoms with van der Waals surface area (Å²) in [6, 6.07) is 6.22. The summed E-state index contributed by atoms with van der Waals surface area (Å²) in [6.45, 7) is 12.7. The fraction of sp³-hybridized carbons (Fsp3) is 0.389. The molecule has 0 spiro atoms. The minimum atomic E-state index is -1.53. The van der Waals surface area contributed by atoms with Crippen LogP contribution in [0, 0.1) is 17.6 Å². The van der Waals surface area contributed by atoms with Gasteiger partial charge < -0.3 is 24.4 Å². The summed E-state index contributed by atoms with van der Waals surface area (Å²) in [7, 11) is 0. The number of anilines is 1. The Morgan fingerprint density at radius 3 is 2.56 bits per heavy atom. The fourth-order valence-corrected chi connectivity index (χ4v) is 6.41. The highest BCUT2D eigenvalue weighted by molar-refractivity contribution is 5.91. The van der Waals surface area contributed by atoms with Crippen LogP contribution in [-0.4, -0.2) is 79.8 Å². The molecule has 0 saturated carbocycles. The van der Waals surface area contributed by atoms with Gasteiger partial charge in [-0.15, -0.1) is 0 Å². The van der Waals surface area contributed by atoms with Crippen LogP contribution in [-0.2, 0) is 14.3 Å². The molecular weight excluding hydrogens is 650 g/mol. The molecule has 1 amide bonds. The van der Waals surface area contributed by atoms with E-state index >= 15 is 8.78 Å². The predicted molar refractivity (Wildman–Crippen MR) is 181 cm³/mol. The maximum atomic E-state index is 16.4. The van der Waals surface area contributed by atoms with Gasteiger partial charge in [0.2, 0.25) is 5.91 Å². The van der Waals surface area contributed by atoms with E-state index in [1.165, 1.54) is 30.5 Å². The largest absolute Gasteiger partial charge is 0.490 e. The Labute approximate surface area is 287 Å². The third kappa shape index (κ3) is 6.08. The molecule has 6 rings (SSSR count). The Hall–Kier alpha value is -5.24. The standard InChI is InChI=1S/C36H38F2N6O6/c1-7-27(46)42-13-14-43(20(6)16-42)33-22-15-24(38)30-28-23(37)9-8-10-26(28)49-17-25(45)32(50-35(47)19(4)5)21-11-12-39-29(18(2)3)31(21)44(34(22)40-30)36(48)41-33/h7-12,15,18-20,25,32,45H,1,13-14,16-17H2,2-6H3/t20-,25?,32?/m0/s1. The van der Waals surface area contributed by atoms with Crippen molar-refractivity contribution in [1.82, 2.24) is 24.4 Å². The zero-order chi connectivity index (χ0) is 36.0. The van der Waals surface area contributed by atoms with Crippen LogP contribution >= 0.6 is 0 Å². The van der Waals surface area contributed by atoms with Crippen molar-refractivity contribution < 1.29 is 33.0 Å². The average Bonchev–Trinajstić information content (AvgIpc) is 3.08. The van der Waals surface area contributed by atoms with Crippen molar-refractivity contribution in [3.8, 4) is 22.7 Å². The van der Waals surface area contributed by atoms with Gasteiger partial charge in [-0.25, -0.2) is 23.1 Å². The number of rotatable bonds is 5. The highest BCUT2D eigenvalue weighted by Gasteiger charge is 2.36. The molecule has 2 aliphatic rings. The number of hydrogen-bond donors (Lipinski definition) is 1. The maximum Gasteiger partial charge on any atom is 0.355 e. The predicted octanol–water partition coefficient (Wildman–Crippen LogP) is 4.46. The molecule has 12 nitrogen and oxygen atoms in total. The van der Waals surface area contributed by atoms with Gasteiger partial charge >= 0.3 is 11.7 Å². The molecule has 0 radical (unpaired) electrons. The molecule has 2 unspecified atom stereocenters. The monoisotopic (exact) mass is 688 g/mol. The second kappa shape index (κ2) is 13.6. The van der Waals surface area contributed by atoms with E-state index in [2.05, 4.69) is 21.5 Å². The quantitative estimate of drug-likeness (QED) is 0.236. The van der Waals surface area contributed by atoms with Crippen LogP contribution in [0.15, 0.2) is 54.0 Å². The third-order valence-corrected chi connectivity index (χ3v) is 8.93. The third-order valence-electron chi connectivity index (χ3n) is 8.93. The number of carbonyl (C=O) groups is 2. The van der Waals surface area contributed by atoms with Crippen LogP contribution in [0.3, 0.4) is 0 Å². The van der Waals surface area contributed by atoms with Crippen LogP contribution in [0.1, 0.15) is 57.9 Å². The Balaban J connectivity index is 1.72. The fourth-order valence-electron chi connectivity index (χ4n) is 6.41. The lowest BCUT2D eigenvalue weighted by atomic mass is 9.97. The molecule has 1 saturated heterocycles. The number of amides is 1. The van der Waals surface area contributed by atoms with E-state index < -0.39 is 53.7 Å². The molecule has 262 valence electrons. The van der Waals surface area contributed by atoms with Crippen molar-refractivity contribution in [1.29, 1.82) is 0 Å². The van der Waals surface area contributed by atoms with Gasteiger partial charge in [0.05, 0.1) is 28.2 Å². The molecule has 0 aliphatic carbocycles. The summed E-state index contributed by atoms with van der Waals surface area (Å²) in [5.41, 5.74) is -0.942. The van der Waals surface area contributed by atoms with E-state index in [4.69, 9.17) is 9.47 Å². The number of esters is 1. The number of aliphatic hydroxyl groups excluding tert-OH is 1. The van der Waals surface area contributed by atoms with Crippen LogP contribution in [0.5, 0.6) is 5.75 Å². The second-order valence-corrected chi connectivity index (χ2v) is 13.1. The molecule has 5 heterocycles. The molecule has 2 aliphatic heterocycles. The molecule has 3 aromatic heterocycles. The first kappa shape index (κ1) is 34.6. The summed E-state index contributed by atoms with van der Waals surface area (Å²) < 4.78 is 45.0. The van der Waals surface area contributed by atoms with E-state index in [0.29, 0.717) is 5.69 Å². The highest BCUT2D eigenvalue weighted by Crippen LogP contribution is 2.40. The van der Waals surface area contributed by atoms with Crippen molar-refractivity contribution in [2.75, 3.05) is 31.1 Å². The zero-order valence-electron chi connectivity index (χ0n) is 28.4.